The maximum Gasteiger partial charge on any atom is 0.272 e. The Bertz CT molecular complexity index is 456. The van der Waals surface area contributed by atoms with Crippen LogP contribution in [0.25, 0.3) is 5.82 Å². The van der Waals surface area contributed by atoms with Crippen molar-refractivity contribution in [3.63, 3.8) is 0 Å². The van der Waals surface area contributed by atoms with Gasteiger partial charge in [0.2, 0.25) is 0 Å². The molecule has 2 heterocycles. The number of hydrogen-bond acceptors (Lipinski definition) is 3. The summed E-state index contributed by atoms with van der Waals surface area (Å²) < 4.78 is 1.35. The molecule has 2 rings (SSSR count). The van der Waals surface area contributed by atoms with E-state index in [0.29, 0.717) is 5.82 Å². The molecule has 0 saturated heterocycles. The Balaban J connectivity index is 2.59. The normalized spacial score (nSPS) is 10.2. The first-order valence-electron chi connectivity index (χ1n) is 3.84. The predicted octanol–water partition coefficient (Wildman–Crippen LogP) is 0.264. The fourth-order valence-corrected chi connectivity index (χ4v) is 1.10. The van der Waals surface area contributed by atoms with Crippen LogP contribution >= 0.6 is 0 Å². The zero-order valence-corrected chi connectivity index (χ0v) is 7.06. The van der Waals surface area contributed by atoms with E-state index < -0.39 is 0 Å². The van der Waals surface area contributed by atoms with Crippen LogP contribution in [0.3, 0.4) is 0 Å². The second-order valence-electron chi connectivity index (χ2n) is 2.69. The van der Waals surface area contributed by atoms with Gasteiger partial charge in [-0.05, 0) is 19.1 Å². The van der Waals surface area contributed by atoms with Gasteiger partial charge >= 0.3 is 0 Å². The molecular formula is C8H8N4O. The van der Waals surface area contributed by atoms with E-state index in [9.17, 15) is 4.79 Å². The third-order valence-corrected chi connectivity index (χ3v) is 1.64. The maximum atomic E-state index is 11.3. The largest absolute Gasteiger partial charge is 0.294 e. The van der Waals surface area contributed by atoms with Gasteiger partial charge in [-0.25, -0.2) is 0 Å². The summed E-state index contributed by atoms with van der Waals surface area (Å²) in [4.78, 5) is 11.3. The van der Waals surface area contributed by atoms with Crippen molar-refractivity contribution in [1.29, 1.82) is 0 Å². The second kappa shape index (κ2) is 2.85. The van der Waals surface area contributed by atoms with E-state index in [4.69, 9.17) is 0 Å². The third kappa shape index (κ3) is 1.35. The molecule has 0 aromatic carbocycles. The molecule has 0 spiro atoms. The number of aryl methyl sites for hydroxylation is 1. The zero-order chi connectivity index (χ0) is 9.26. The lowest BCUT2D eigenvalue weighted by Gasteiger charge is -1.96. The van der Waals surface area contributed by atoms with Gasteiger partial charge in [-0.3, -0.25) is 9.89 Å². The van der Waals surface area contributed by atoms with Gasteiger partial charge < -0.3 is 0 Å². The van der Waals surface area contributed by atoms with Crippen molar-refractivity contribution in [3.8, 4) is 5.82 Å². The van der Waals surface area contributed by atoms with Gasteiger partial charge in [0.1, 0.15) is 0 Å². The second-order valence-corrected chi connectivity index (χ2v) is 2.69. The molecule has 0 atom stereocenters. The number of aromatic amines is 1. The van der Waals surface area contributed by atoms with Crippen molar-refractivity contribution in [1.82, 2.24) is 20.0 Å². The maximum absolute atomic E-state index is 11.3. The molecule has 0 aliphatic heterocycles. The average molecular weight is 176 g/mol. The molecule has 66 valence electrons. The summed E-state index contributed by atoms with van der Waals surface area (Å²) in [6.07, 6.45) is 1.56. The topological polar surface area (TPSA) is 63.6 Å². The molecule has 13 heavy (non-hydrogen) atoms. The Hall–Kier alpha value is -1.91. The monoisotopic (exact) mass is 176 g/mol. The van der Waals surface area contributed by atoms with Crippen LogP contribution in [0.5, 0.6) is 0 Å². The minimum Gasteiger partial charge on any atom is -0.294 e. The zero-order valence-electron chi connectivity index (χ0n) is 7.06. The molecule has 1 N–H and O–H groups in total. The van der Waals surface area contributed by atoms with E-state index in [1.165, 1.54) is 10.7 Å². The van der Waals surface area contributed by atoms with Crippen molar-refractivity contribution in [2.24, 2.45) is 0 Å². The van der Waals surface area contributed by atoms with Gasteiger partial charge in [-0.15, -0.1) is 5.10 Å². The van der Waals surface area contributed by atoms with E-state index in [0.717, 1.165) is 5.69 Å². The van der Waals surface area contributed by atoms with Crippen LogP contribution < -0.4 is 5.56 Å². The summed E-state index contributed by atoms with van der Waals surface area (Å²) in [5, 5.41) is 10.3. The molecule has 0 aliphatic rings. The lowest BCUT2D eigenvalue weighted by Crippen LogP contribution is -2.15. The highest BCUT2D eigenvalue weighted by Crippen LogP contribution is 1.96. The van der Waals surface area contributed by atoms with Crippen LogP contribution in [0.2, 0.25) is 0 Å². The van der Waals surface area contributed by atoms with Crippen molar-refractivity contribution in [2.45, 2.75) is 6.92 Å². The average Bonchev–Trinajstić information content (AvgIpc) is 2.47. The number of nitrogens with one attached hydrogen (secondary N) is 1. The van der Waals surface area contributed by atoms with Gasteiger partial charge in [-0.2, -0.15) is 9.78 Å². The quantitative estimate of drug-likeness (QED) is 0.678. The van der Waals surface area contributed by atoms with Crippen LogP contribution in [0.1, 0.15) is 5.69 Å². The summed E-state index contributed by atoms with van der Waals surface area (Å²) >= 11 is 0. The third-order valence-electron chi connectivity index (χ3n) is 1.64. The minimum absolute atomic E-state index is 0.127. The van der Waals surface area contributed by atoms with Crippen molar-refractivity contribution < 1.29 is 0 Å². The van der Waals surface area contributed by atoms with Gasteiger partial charge in [0.25, 0.3) is 5.56 Å². The van der Waals surface area contributed by atoms with Crippen LogP contribution in [0.15, 0.2) is 29.2 Å². The molecule has 0 saturated carbocycles. The molecule has 2 aromatic heterocycles. The Labute approximate surface area is 74.0 Å². The Kier molecular flexibility index (Phi) is 1.70. The molecule has 0 bridgehead atoms. The number of rotatable bonds is 1. The van der Waals surface area contributed by atoms with Crippen LogP contribution in [0.4, 0.5) is 0 Å². The summed E-state index contributed by atoms with van der Waals surface area (Å²) in [6, 6.07) is 4.95. The number of H-pyrrole nitrogens is 1. The molecule has 0 radical (unpaired) electrons. The lowest BCUT2D eigenvalue weighted by molar-refractivity contribution is 0.782. The van der Waals surface area contributed by atoms with Crippen LogP contribution in [-0.2, 0) is 0 Å². The van der Waals surface area contributed by atoms with E-state index >= 15 is 0 Å². The first-order chi connectivity index (χ1) is 6.27. The van der Waals surface area contributed by atoms with E-state index in [2.05, 4.69) is 15.3 Å². The minimum atomic E-state index is -0.127. The SMILES string of the molecule is Cc1cc(=O)n(-c2cccnn2)[nH]1. The van der Waals surface area contributed by atoms with Crippen LogP contribution in [-0.4, -0.2) is 20.0 Å². The fourth-order valence-electron chi connectivity index (χ4n) is 1.10. The lowest BCUT2D eigenvalue weighted by atomic mass is 10.5. The highest BCUT2D eigenvalue weighted by molar-refractivity contribution is 5.18. The van der Waals surface area contributed by atoms with Gasteiger partial charge in [0.05, 0.1) is 0 Å². The van der Waals surface area contributed by atoms with Gasteiger partial charge in [0.15, 0.2) is 5.82 Å². The van der Waals surface area contributed by atoms with Crippen molar-refractivity contribution in [3.05, 3.63) is 40.4 Å². The molecular weight excluding hydrogens is 168 g/mol. The van der Waals surface area contributed by atoms with Gasteiger partial charge in [-0.1, -0.05) is 0 Å². The van der Waals surface area contributed by atoms with E-state index in [1.807, 2.05) is 6.92 Å². The number of hydrogen-bond donors (Lipinski definition) is 1. The molecule has 5 nitrogen and oxygen atoms in total. The van der Waals surface area contributed by atoms with Crippen LogP contribution in [0, 0.1) is 6.92 Å². The number of aromatic nitrogens is 4. The fraction of sp³-hybridized carbons (Fsp3) is 0.125. The molecule has 2 aromatic rings. The van der Waals surface area contributed by atoms with Gasteiger partial charge in [0, 0.05) is 18.0 Å². The molecule has 0 amide bonds. The highest BCUT2D eigenvalue weighted by Gasteiger charge is 2.02. The standard InChI is InChI=1S/C8H8N4O/c1-6-5-8(13)12(11-6)7-3-2-4-9-10-7/h2-5,11H,1H3. The Morgan fingerprint density at radius 1 is 1.54 bits per heavy atom. The predicted molar refractivity (Wildman–Crippen MR) is 46.7 cm³/mol. The molecule has 0 fully saturated rings. The number of nitrogens with zero attached hydrogens (tertiary/aromatic N) is 3. The molecule has 0 unspecified atom stereocenters. The van der Waals surface area contributed by atoms with E-state index in [1.54, 1.807) is 18.3 Å². The Morgan fingerprint density at radius 2 is 2.38 bits per heavy atom. The highest BCUT2D eigenvalue weighted by atomic mass is 16.1. The molecule has 0 aliphatic carbocycles. The smallest absolute Gasteiger partial charge is 0.272 e. The van der Waals surface area contributed by atoms with Crippen molar-refractivity contribution in [2.75, 3.05) is 0 Å². The molecule has 5 heteroatoms. The summed E-state index contributed by atoms with van der Waals surface area (Å²) in [6.45, 7) is 1.81. The van der Waals surface area contributed by atoms with E-state index in [-0.39, 0.29) is 5.56 Å². The summed E-state index contributed by atoms with van der Waals surface area (Å²) in [7, 11) is 0. The Morgan fingerprint density at radius 3 is 2.92 bits per heavy atom. The van der Waals surface area contributed by atoms with Crippen molar-refractivity contribution >= 4 is 0 Å². The first kappa shape index (κ1) is 7.72. The summed E-state index contributed by atoms with van der Waals surface area (Å²) in [5.41, 5.74) is 0.675. The first-order valence-corrected chi connectivity index (χ1v) is 3.84. The summed E-state index contributed by atoms with van der Waals surface area (Å²) in [5.74, 6) is 0.501.